The Bertz CT molecular complexity index is 1230. The summed E-state index contributed by atoms with van der Waals surface area (Å²) in [7, 11) is 0. The van der Waals surface area contributed by atoms with E-state index < -0.39 is 0 Å². The van der Waals surface area contributed by atoms with Crippen molar-refractivity contribution in [1.29, 1.82) is 0 Å². The topological polar surface area (TPSA) is 45.5 Å². The van der Waals surface area contributed by atoms with Crippen LogP contribution in [0.2, 0.25) is 0 Å². The van der Waals surface area contributed by atoms with Gasteiger partial charge in [-0.3, -0.25) is 0 Å². The first-order valence-electron chi connectivity index (χ1n) is 10.5. The van der Waals surface area contributed by atoms with E-state index in [2.05, 4.69) is 20.3 Å². The Morgan fingerprint density at radius 2 is 1.84 bits per heavy atom. The molecular formula is C24H23F2N5. The Balaban J connectivity index is 1.45. The SMILES string of the molecule is CC(Nc1ccc2ncc(-c3ccc(N4CCCC4)cc3F)n2n1)c1cccc(F)c1. The van der Waals surface area contributed by atoms with Gasteiger partial charge in [-0.2, -0.15) is 0 Å². The maximum atomic E-state index is 15.0. The number of imidazole rings is 1. The molecule has 0 radical (unpaired) electrons. The lowest BCUT2D eigenvalue weighted by Crippen LogP contribution is -2.17. The van der Waals surface area contributed by atoms with E-state index in [0.29, 0.717) is 22.7 Å². The number of halogens is 2. The highest BCUT2D eigenvalue weighted by Gasteiger charge is 2.17. The first-order chi connectivity index (χ1) is 15.1. The molecular weight excluding hydrogens is 396 g/mol. The molecule has 0 saturated carbocycles. The van der Waals surface area contributed by atoms with Gasteiger partial charge in [-0.15, -0.1) is 5.10 Å². The Hall–Kier alpha value is -3.48. The third kappa shape index (κ3) is 3.83. The second kappa shape index (κ2) is 7.98. The molecule has 4 aromatic rings. The van der Waals surface area contributed by atoms with E-state index in [-0.39, 0.29) is 17.7 Å². The molecule has 31 heavy (non-hydrogen) atoms. The Kier molecular flexibility index (Phi) is 5.02. The van der Waals surface area contributed by atoms with Gasteiger partial charge < -0.3 is 10.2 Å². The third-order valence-electron chi connectivity index (χ3n) is 5.78. The highest BCUT2D eigenvalue weighted by atomic mass is 19.1. The van der Waals surface area contributed by atoms with Crippen molar-refractivity contribution in [3.05, 3.63) is 78.0 Å². The molecule has 1 fully saturated rings. The molecule has 2 aromatic carbocycles. The molecule has 0 aliphatic carbocycles. The molecule has 5 rings (SSSR count). The van der Waals surface area contributed by atoms with Gasteiger partial charge in [-0.25, -0.2) is 18.3 Å². The standard InChI is InChI=1S/C24H23F2N5/c1-16(17-5-4-6-18(25)13-17)28-23-9-10-24-27-15-22(31(24)29-23)20-8-7-19(14-21(20)26)30-11-2-3-12-30/h4-10,13-16H,2-3,11-12H2,1H3,(H,28,29). The van der Waals surface area contributed by atoms with Crippen molar-refractivity contribution in [2.75, 3.05) is 23.3 Å². The van der Waals surface area contributed by atoms with Crippen molar-refractivity contribution in [3.8, 4) is 11.3 Å². The van der Waals surface area contributed by atoms with Gasteiger partial charge in [0, 0.05) is 24.3 Å². The molecule has 7 heteroatoms. The number of hydrogen-bond acceptors (Lipinski definition) is 4. The fourth-order valence-corrected chi connectivity index (χ4v) is 4.10. The van der Waals surface area contributed by atoms with Gasteiger partial charge in [0.05, 0.1) is 17.9 Å². The molecule has 0 amide bonds. The molecule has 0 bridgehead atoms. The van der Waals surface area contributed by atoms with Crippen LogP contribution in [0.15, 0.2) is 60.8 Å². The lowest BCUT2D eigenvalue weighted by molar-refractivity contribution is 0.623. The maximum Gasteiger partial charge on any atom is 0.154 e. The average Bonchev–Trinajstić information content (AvgIpc) is 3.44. The number of rotatable bonds is 5. The summed E-state index contributed by atoms with van der Waals surface area (Å²) in [5.41, 5.74) is 3.39. The minimum absolute atomic E-state index is 0.149. The third-order valence-corrected chi connectivity index (χ3v) is 5.78. The van der Waals surface area contributed by atoms with Crippen molar-refractivity contribution in [3.63, 3.8) is 0 Å². The summed E-state index contributed by atoms with van der Waals surface area (Å²) in [4.78, 5) is 6.58. The molecule has 0 spiro atoms. The van der Waals surface area contributed by atoms with Crippen LogP contribution in [0.25, 0.3) is 16.9 Å². The fraction of sp³-hybridized carbons (Fsp3) is 0.250. The van der Waals surface area contributed by atoms with Gasteiger partial charge >= 0.3 is 0 Å². The minimum Gasteiger partial charge on any atom is -0.371 e. The Labute approximate surface area is 179 Å². The largest absolute Gasteiger partial charge is 0.371 e. The summed E-state index contributed by atoms with van der Waals surface area (Å²) < 4.78 is 30.2. The summed E-state index contributed by atoms with van der Waals surface area (Å²) in [5, 5.41) is 7.89. The predicted molar refractivity (Wildman–Crippen MR) is 118 cm³/mol. The molecule has 158 valence electrons. The monoisotopic (exact) mass is 419 g/mol. The first kappa shape index (κ1) is 19.5. The highest BCUT2D eigenvalue weighted by Crippen LogP contribution is 2.29. The highest BCUT2D eigenvalue weighted by molar-refractivity contribution is 5.67. The molecule has 1 unspecified atom stereocenters. The van der Waals surface area contributed by atoms with Crippen LogP contribution < -0.4 is 10.2 Å². The van der Waals surface area contributed by atoms with E-state index in [1.165, 1.54) is 12.1 Å². The van der Waals surface area contributed by atoms with Crippen LogP contribution in [0.1, 0.15) is 31.4 Å². The molecule has 1 aliphatic rings. The predicted octanol–water partition coefficient (Wildman–Crippen LogP) is 5.45. The van der Waals surface area contributed by atoms with Gasteiger partial charge in [0.15, 0.2) is 5.65 Å². The summed E-state index contributed by atoms with van der Waals surface area (Å²) in [6.07, 6.45) is 3.92. The molecule has 1 saturated heterocycles. The van der Waals surface area contributed by atoms with Crippen LogP contribution in [0, 0.1) is 11.6 Å². The minimum atomic E-state index is -0.292. The van der Waals surface area contributed by atoms with E-state index in [0.717, 1.165) is 37.2 Å². The number of benzene rings is 2. The zero-order valence-electron chi connectivity index (χ0n) is 17.2. The van der Waals surface area contributed by atoms with Gasteiger partial charge in [0.2, 0.25) is 0 Å². The van der Waals surface area contributed by atoms with Gasteiger partial charge in [0.1, 0.15) is 17.5 Å². The second-order valence-electron chi connectivity index (χ2n) is 7.91. The summed E-state index contributed by atoms with van der Waals surface area (Å²) in [6.45, 7) is 3.87. The van der Waals surface area contributed by atoms with E-state index in [4.69, 9.17) is 0 Å². The van der Waals surface area contributed by atoms with Crippen LogP contribution in [0.3, 0.4) is 0 Å². The first-order valence-corrected chi connectivity index (χ1v) is 10.5. The molecule has 2 aromatic heterocycles. The lowest BCUT2D eigenvalue weighted by atomic mass is 10.1. The second-order valence-corrected chi connectivity index (χ2v) is 7.91. The number of fused-ring (bicyclic) bond motifs is 1. The van der Waals surface area contributed by atoms with Crippen LogP contribution >= 0.6 is 0 Å². The summed E-state index contributed by atoms with van der Waals surface area (Å²) >= 11 is 0. The number of anilines is 2. The summed E-state index contributed by atoms with van der Waals surface area (Å²) in [6, 6.07) is 15.3. The number of hydrogen-bond donors (Lipinski definition) is 1. The van der Waals surface area contributed by atoms with Crippen molar-refractivity contribution >= 4 is 17.2 Å². The van der Waals surface area contributed by atoms with Crippen molar-refractivity contribution in [2.45, 2.75) is 25.8 Å². The van der Waals surface area contributed by atoms with Crippen LogP contribution in [0.5, 0.6) is 0 Å². The number of nitrogens with one attached hydrogen (secondary N) is 1. The van der Waals surface area contributed by atoms with E-state index in [1.807, 2.05) is 31.2 Å². The number of aromatic nitrogens is 3. The summed E-state index contributed by atoms with van der Waals surface area (Å²) in [5.74, 6) is 0.0245. The van der Waals surface area contributed by atoms with E-state index in [1.54, 1.807) is 28.9 Å². The van der Waals surface area contributed by atoms with Gasteiger partial charge in [-0.05, 0) is 67.8 Å². The quantitative estimate of drug-likeness (QED) is 0.467. The van der Waals surface area contributed by atoms with E-state index >= 15 is 4.39 Å². The smallest absolute Gasteiger partial charge is 0.154 e. The Morgan fingerprint density at radius 3 is 2.61 bits per heavy atom. The molecule has 1 aliphatic heterocycles. The molecule has 1 atom stereocenters. The number of nitrogens with zero attached hydrogens (tertiary/aromatic N) is 4. The van der Waals surface area contributed by atoms with Crippen molar-refractivity contribution in [2.24, 2.45) is 0 Å². The maximum absolute atomic E-state index is 15.0. The van der Waals surface area contributed by atoms with E-state index in [9.17, 15) is 4.39 Å². The Morgan fingerprint density at radius 1 is 1.00 bits per heavy atom. The van der Waals surface area contributed by atoms with Crippen molar-refractivity contribution < 1.29 is 8.78 Å². The van der Waals surface area contributed by atoms with Crippen LogP contribution in [-0.2, 0) is 0 Å². The fourth-order valence-electron chi connectivity index (χ4n) is 4.10. The van der Waals surface area contributed by atoms with Gasteiger partial charge in [0.25, 0.3) is 0 Å². The molecule has 5 nitrogen and oxygen atoms in total. The zero-order valence-corrected chi connectivity index (χ0v) is 17.2. The van der Waals surface area contributed by atoms with Crippen LogP contribution in [0.4, 0.5) is 20.3 Å². The average molecular weight is 419 g/mol. The normalized spacial score (nSPS) is 14.9. The van der Waals surface area contributed by atoms with Crippen LogP contribution in [-0.4, -0.2) is 27.7 Å². The lowest BCUT2D eigenvalue weighted by Gasteiger charge is -2.18. The molecule has 3 heterocycles. The zero-order chi connectivity index (χ0) is 21.4. The van der Waals surface area contributed by atoms with Crippen molar-refractivity contribution in [1.82, 2.24) is 14.6 Å². The van der Waals surface area contributed by atoms with Gasteiger partial charge in [-0.1, -0.05) is 12.1 Å². The molecule has 1 N–H and O–H groups in total.